The number of amides is 1. The molecule has 4 rings (SSSR count). The standard InChI is InChI=1S/C18H14N4OS.ClH/c1-11-15(22-10-6-5-9-13(22)20-11)18-21-14(16(24-18)17(19)23)12-7-3-2-4-8-12;/h2-10H,1H3,(H2,19,23);1H. The molecule has 0 saturated carbocycles. The molecular formula is C18H15ClN4OS. The number of rotatable bonds is 3. The lowest BCUT2D eigenvalue weighted by atomic mass is 10.1. The summed E-state index contributed by atoms with van der Waals surface area (Å²) in [6.07, 6.45) is 1.94. The molecule has 0 atom stereocenters. The maximum absolute atomic E-state index is 11.9. The first-order valence-corrected chi connectivity index (χ1v) is 8.27. The van der Waals surface area contributed by atoms with E-state index in [0.29, 0.717) is 10.6 Å². The van der Waals surface area contributed by atoms with Gasteiger partial charge < -0.3 is 5.73 Å². The van der Waals surface area contributed by atoms with Crippen LogP contribution in [0.25, 0.3) is 27.6 Å². The number of benzene rings is 1. The van der Waals surface area contributed by atoms with Crippen molar-refractivity contribution in [2.75, 3.05) is 0 Å². The van der Waals surface area contributed by atoms with E-state index in [0.717, 1.165) is 27.6 Å². The van der Waals surface area contributed by atoms with Gasteiger partial charge in [0.05, 0.1) is 11.4 Å². The minimum absolute atomic E-state index is 0. The lowest BCUT2D eigenvalue weighted by Crippen LogP contribution is -2.10. The number of imidazole rings is 1. The van der Waals surface area contributed by atoms with E-state index in [2.05, 4.69) is 4.98 Å². The molecule has 1 aromatic carbocycles. The molecule has 4 aromatic rings. The lowest BCUT2D eigenvalue weighted by Gasteiger charge is -1.99. The van der Waals surface area contributed by atoms with Crippen molar-refractivity contribution in [2.45, 2.75) is 6.92 Å². The molecule has 3 aromatic heterocycles. The van der Waals surface area contributed by atoms with Gasteiger partial charge in [0.1, 0.15) is 21.2 Å². The Kier molecular flexibility index (Phi) is 4.57. The molecular weight excluding hydrogens is 356 g/mol. The Morgan fingerprint density at radius 1 is 1.08 bits per heavy atom. The second-order valence-corrected chi connectivity index (χ2v) is 6.40. The van der Waals surface area contributed by atoms with Gasteiger partial charge in [0.2, 0.25) is 0 Å². The molecule has 0 aliphatic rings. The van der Waals surface area contributed by atoms with E-state index in [9.17, 15) is 4.79 Å². The average Bonchev–Trinajstić information content (AvgIpc) is 3.16. The van der Waals surface area contributed by atoms with Gasteiger partial charge in [0, 0.05) is 11.8 Å². The Bertz CT molecular complexity index is 1060. The van der Waals surface area contributed by atoms with Crippen molar-refractivity contribution in [3.8, 4) is 22.0 Å². The third kappa shape index (κ3) is 2.90. The highest BCUT2D eigenvalue weighted by Crippen LogP contribution is 2.35. The summed E-state index contributed by atoms with van der Waals surface area (Å²) in [7, 11) is 0. The van der Waals surface area contributed by atoms with Crippen molar-refractivity contribution in [3.63, 3.8) is 0 Å². The van der Waals surface area contributed by atoms with Crippen LogP contribution in [-0.4, -0.2) is 20.3 Å². The molecule has 0 fully saturated rings. The number of primary amides is 1. The van der Waals surface area contributed by atoms with Crippen LogP contribution in [0.4, 0.5) is 0 Å². The predicted molar refractivity (Wildman–Crippen MR) is 102 cm³/mol. The summed E-state index contributed by atoms with van der Waals surface area (Å²) in [5.41, 5.74) is 9.68. The zero-order valence-electron chi connectivity index (χ0n) is 13.3. The molecule has 0 unspecified atom stereocenters. The molecule has 0 aliphatic carbocycles. The average molecular weight is 371 g/mol. The first-order valence-electron chi connectivity index (χ1n) is 7.45. The Labute approximate surface area is 154 Å². The quantitative estimate of drug-likeness (QED) is 0.593. The number of fused-ring (bicyclic) bond motifs is 1. The summed E-state index contributed by atoms with van der Waals surface area (Å²) in [6.45, 7) is 1.94. The van der Waals surface area contributed by atoms with Gasteiger partial charge in [-0.3, -0.25) is 9.20 Å². The lowest BCUT2D eigenvalue weighted by molar-refractivity contribution is 0.100. The second-order valence-electron chi connectivity index (χ2n) is 5.40. The van der Waals surface area contributed by atoms with Crippen LogP contribution in [0.15, 0.2) is 54.7 Å². The number of nitrogens with zero attached hydrogens (tertiary/aromatic N) is 3. The molecule has 2 N–H and O–H groups in total. The van der Waals surface area contributed by atoms with Gasteiger partial charge in [-0.05, 0) is 19.1 Å². The number of pyridine rings is 1. The molecule has 0 radical (unpaired) electrons. The number of hydrogen-bond acceptors (Lipinski definition) is 4. The minimum atomic E-state index is -0.468. The van der Waals surface area contributed by atoms with Crippen LogP contribution in [0.2, 0.25) is 0 Å². The van der Waals surface area contributed by atoms with Crippen LogP contribution in [0.5, 0.6) is 0 Å². The highest BCUT2D eigenvalue weighted by Gasteiger charge is 2.21. The van der Waals surface area contributed by atoms with Gasteiger partial charge in [-0.25, -0.2) is 9.97 Å². The number of aromatic nitrogens is 3. The summed E-state index contributed by atoms with van der Waals surface area (Å²) in [5, 5.41) is 0.735. The highest BCUT2D eigenvalue weighted by molar-refractivity contribution is 7.17. The molecule has 1 amide bonds. The fourth-order valence-corrected chi connectivity index (χ4v) is 3.79. The molecule has 0 spiro atoms. The van der Waals surface area contributed by atoms with E-state index in [1.807, 2.05) is 66.1 Å². The Hall–Kier alpha value is -2.70. The topological polar surface area (TPSA) is 73.3 Å². The van der Waals surface area contributed by atoms with Crippen molar-refractivity contribution < 1.29 is 4.79 Å². The molecule has 25 heavy (non-hydrogen) atoms. The zero-order valence-corrected chi connectivity index (χ0v) is 15.0. The summed E-state index contributed by atoms with van der Waals surface area (Å²) >= 11 is 1.30. The van der Waals surface area contributed by atoms with E-state index < -0.39 is 5.91 Å². The van der Waals surface area contributed by atoms with Gasteiger partial charge in [-0.2, -0.15) is 0 Å². The van der Waals surface area contributed by atoms with Crippen LogP contribution in [-0.2, 0) is 0 Å². The summed E-state index contributed by atoms with van der Waals surface area (Å²) in [4.78, 5) is 21.6. The molecule has 0 saturated heterocycles. The molecule has 5 nitrogen and oxygen atoms in total. The third-order valence-corrected chi connectivity index (χ3v) is 4.88. The number of nitrogens with two attached hydrogens (primary N) is 1. The fourth-order valence-electron chi connectivity index (χ4n) is 2.75. The maximum atomic E-state index is 11.9. The van der Waals surface area contributed by atoms with Crippen molar-refractivity contribution in [2.24, 2.45) is 5.73 Å². The largest absolute Gasteiger partial charge is 0.365 e. The third-order valence-electron chi connectivity index (χ3n) is 3.80. The predicted octanol–water partition coefficient (Wildman–Crippen LogP) is 3.95. The van der Waals surface area contributed by atoms with Crippen molar-refractivity contribution in [1.82, 2.24) is 14.4 Å². The summed E-state index contributed by atoms with van der Waals surface area (Å²) < 4.78 is 1.98. The van der Waals surface area contributed by atoms with Crippen LogP contribution in [0, 0.1) is 6.92 Å². The summed E-state index contributed by atoms with van der Waals surface area (Å²) in [5.74, 6) is -0.468. The van der Waals surface area contributed by atoms with E-state index >= 15 is 0 Å². The minimum Gasteiger partial charge on any atom is -0.365 e. The van der Waals surface area contributed by atoms with Gasteiger partial charge in [0.25, 0.3) is 5.91 Å². The number of halogens is 1. The van der Waals surface area contributed by atoms with Crippen LogP contribution >= 0.6 is 23.7 Å². The zero-order chi connectivity index (χ0) is 16.7. The monoisotopic (exact) mass is 370 g/mol. The van der Waals surface area contributed by atoms with Crippen molar-refractivity contribution >= 4 is 35.3 Å². The molecule has 0 aliphatic heterocycles. The second kappa shape index (κ2) is 6.66. The van der Waals surface area contributed by atoms with E-state index in [1.165, 1.54) is 11.3 Å². The molecule has 126 valence electrons. The van der Waals surface area contributed by atoms with E-state index in [-0.39, 0.29) is 12.4 Å². The normalized spacial score (nSPS) is 10.6. The molecule has 0 bridgehead atoms. The molecule has 3 heterocycles. The van der Waals surface area contributed by atoms with Gasteiger partial charge in [-0.1, -0.05) is 36.4 Å². The number of aryl methyl sites for hydroxylation is 1. The fraction of sp³-hybridized carbons (Fsp3) is 0.0556. The maximum Gasteiger partial charge on any atom is 0.261 e. The first kappa shape index (κ1) is 17.1. The number of carbonyl (C=O) groups excluding carboxylic acids is 1. The molecule has 7 heteroatoms. The number of carbonyl (C=O) groups is 1. The van der Waals surface area contributed by atoms with Gasteiger partial charge in [0.15, 0.2) is 0 Å². The van der Waals surface area contributed by atoms with Crippen LogP contribution < -0.4 is 5.73 Å². The Morgan fingerprint density at radius 3 is 2.52 bits per heavy atom. The van der Waals surface area contributed by atoms with E-state index in [1.54, 1.807) is 0 Å². The van der Waals surface area contributed by atoms with Crippen molar-refractivity contribution in [1.29, 1.82) is 0 Å². The smallest absolute Gasteiger partial charge is 0.261 e. The SMILES string of the molecule is Cc1nc2ccccn2c1-c1nc(-c2ccccc2)c(C(N)=O)s1.Cl. The Balaban J connectivity index is 0.00000182. The first-order chi connectivity index (χ1) is 11.6. The van der Waals surface area contributed by atoms with Gasteiger partial charge in [-0.15, -0.1) is 23.7 Å². The van der Waals surface area contributed by atoms with Gasteiger partial charge >= 0.3 is 0 Å². The van der Waals surface area contributed by atoms with Crippen LogP contribution in [0.1, 0.15) is 15.4 Å². The van der Waals surface area contributed by atoms with Crippen LogP contribution in [0.3, 0.4) is 0 Å². The summed E-state index contributed by atoms with van der Waals surface area (Å²) in [6, 6.07) is 15.4. The van der Waals surface area contributed by atoms with Crippen molar-refractivity contribution in [3.05, 3.63) is 65.3 Å². The highest BCUT2D eigenvalue weighted by atomic mass is 35.5. The number of thiazole rings is 1. The Morgan fingerprint density at radius 2 is 1.80 bits per heavy atom. The van der Waals surface area contributed by atoms with E-state index in [4.69, 9.17) is 10.7 Å². The number of hydrogen-bond donors (Lipinski definition) is 1.